The number of thiocarbonyl (C=S) groups is 1. The monoisotopic (exact) mass is 281 g/mol. The van der Waals surface area contributed by atoms with Gasteiger partial charge in [0, 0.05) is 11.3 Å². The number of pyridine rings is 1. The molecule has 1 aliphatic rings. The van der Waals surface area contributed by atoms with Crippen LogP contribution in [0.15, 0.2) is 18.2 Å². The highest BCUT2D eigenvalue weighted by Crippen LogP contribution is 2.29. The van der Waals surface area contributed by atoms with Crippen molar-refractivity contribution in [2.24, 2.45) is 5.73 Å². The molecule has 1 aromatic rings. The summed E-state index contributed by atoms with van der Waals surface area (Å²) in [6.45, 7) is 0. The van der Waals surface area contributed by atoms with Gasteiger partial charge in [-0.05, 0) is 31.2 Å². The van der Waals surface area contributed by atoms with Crippen molar-refractivity contribution in [2.45, 2.75) is 37.0 Å². The molecule has 0 bridgehead atoms. The summed E-state index contributed by atoms with van der Waals surface area (Å²) in [5, 5.41) is 4.21. The van der Waals surface area contributed by atoms with Crippen molar-refractivity contribution in [3.8, 4) is 0 Å². The van der Waals surface area contributed by atoms with Crippen LogP contribution in [0.1, 0.15) is 31.4 Å². The van der Waals surface area contributed by atoms with Gasteiger partial charge in [-0.3, -0.25) is 0 Å². The van der Waals surface area contributed by atoms with E-state index in [0.717, 1.165) is 5.82 Å². The van der Waals surface area contributed by atoms with Crippen molar-refractivity contribution in [3.63, 3.8) is 0 Å². The molecule has 0 amide bonds. The van der Waals surface area contributed by atoms with Crippen LogP contribution in [0, 0.1) is 0 Å². The molecule has 2 unspecified atom stereocenters. The molecule has 0 spiro atoms. The average Bonchev–Trinajstić information content (AvgIpc) is 2.39. The first-order valence-electron chi connectivity index (χ1n) is 6.27. The summed E-state index contributed by atoms with van der Waals surface area (Å²) >= 11 is 6.90. The van der Waals surface area contributed by atoms with E-state index in [4.69, 9.17) is 18.0 Å². The van der Waals surface area contributed by atoms with E-state index >= 15 is 0 Å². The molecule has 2 rings (SSSR count). The second kappa shape index (κ2) is 6.38. The van der Waals surface area contributed by atoms with Crippen molar-refractivity contribution in [1.82, 2.24) is 4.98 Å². The minimum absolute atomic E-state index is 0.351. The van der Waals surface area contributed by atoms with E-state index in [-0.39, 0.29) is 0 Å². The molecule has 3 N–H and O–H groups in total. The molecule has 3 nitrogen and oxygen atoms in total. The third-order valence-electron chi connectivity index (χ3n) is 3.34. The maximum atomic E-state index is 5.61. The Labute approximate surface area is 118 Å². The van der Waals surface area contributed by atoms with Crippen LogP contribution in [0.4, 0.5) is 5.82 Å². The van der Waals surface area contributed by atoms with E-state index < -0.39 is 0 Å². The highest BCUT2D eigenvalue weighted by molar-refractivity contribution is 7.99. The summed E-state index contributed by atoms with van der Waals surface area (Å²) in [5.41, 5.74) is 6.29. The zero-order chi connectivity index (χ0) is 13.0. The van der Waals surface area contributed by atoms with Crippen molar-refractivity contribution in [1.29, 1.82) is 0 Å². The predicted molar refractivity (Wildman–Crippen MR) is 83.3 cm³/mol. The fourth-order valence-electron chi connectivity index (χ4n) is 2.39. The molecule has 0 radical (unpaired) electrons. The predicted octanol–water partition coefficient (Wildman–Crippen LogP) is 2.80. The molecule has 0 aliphatic heterocycles. The zero-order valence-electron chi connectivity index (χ0n) is 10.6. The molecular weight excluding hydrogens is 262 g/mol. The summed E-state index contributed by atoms with van der Waals surface area (Å²) in [6.07, 6.45) is 7.32. The highest BCUT2D eigenvalue weighted by Gasteiger charge is 2.24. The highest BCUT2D eigenvalue weighted by atomic mass is 32.2. The first kappa shape index (κ1) is 13.6. The molecule has 1 fully saturated rings. The maximum absolute atomic E-state index is 5.61. The topological polar surface area (TPSA) is 50.9 Å². The number of nitrogens with two attached hydrogens (primary N) is 1. The van der Waals surface area contributed by atoms with Gasteiger partial charge in [0.2, 0.25) is 0 Å². The zero-order valence-corrected chi connectivity index (χ0v) is 12.2. The van der Waals surface area contributed by atoms with E-state index in [9.17, 15) is 0 Å². The Morgan fingerprint density at radius 3 is 2.94 bits per heavy atom. The van der Waals surface area contributed by atoms with Crippen LogP contribution in [0.2, 0.25) is 0 Å². The minimum Gasteiger partial charge on any atom is -0.388 e. The van der Waals surface area contributed by atoms with Crippen LogP contribution in [0.3, 0.4) is 0 Å². The van der Waals surface area contributed by atoms with Crippen LogP contribution < -0.4 is 11.1 Å². The van der Waals surface area contributed by atoms with E-state index in [2.05, 4.69) is 16.6 Å². The molecule has 0 saturated heterocycles. The summed E-state index contributed by atoms with van der Waals surface area (Å²) in [7, 11) is 0. The average molecular weight is 281 g/mol. The number of hydrogen-bond acceptors (Lipinski definition) is 4. The Hall–Kier alpha value is -0.810. The normalized spacial score (nSPS) is 23.6. The van der Waals surface area contributed by atoms with E-state index in [1.54, 1.807) is 0 Å². The molecule has 98 valence electrons. The molecule has 5 heteroatoms. The number of nitrogens with one attached hydrogen (secondary N) is 1. The van der Waals surface area contributed by atoms with Gasteiger partial charge in [-0.25, -0.2) is 4.98 Å². The van der Waals surface area contributed by atoms with Crippen molar-refractivity contribution < 1.29 is 0 Å². The fourth-order valence-corrected chi connectivity index (χ4v) is 3.44. The number of rotatable bonds is 4. The lowest BCUT2D eigenvalue weighted by molar-refractivity contribution is 0.474. The van der Waals surface area contributed by atoms with Gasteiger partial charge >= 0.3 is 0 Å². The van der Waals surface area contributed by atoms with Crippen LogP contribution in [0.25, 0.3) is 0 Å². The second-order valence-corrected chi connectivity index (χ2v) is 6.10. The quantitative estimate of drug-likeness (QED) is 0.831. The van der Waals surface area contributed by atoms with Crippen LogP contribution in [0.5, 0.6) is 0 Å². The number of nitrogens with zero attached hydrogens (tertiary/aromatic N) is 1. The first-order valence-corrected chi connectivity index (χ1v) is 7.96. The van der Waals surface area contributed by atoms with Crippen molar-refractivity contribution in [2.75, 3.05) is 11.6 Å². The van der Waals surface area contributed by atoms with E-state index in [1.807, 2.05) is 30.0 Å². The molecular formula is C13H19N3S2. The van der Waals surface area contributed by atoms with Gasteiger partial charge in [-0.15, -0.1) is 0 Å². The molecule has 1 aromatic heterocycles. The number of anilines is 1. The fraction of sp³-hybridized carbons (Fsp3) is 0.538. The van der Waals surface area contributed by atoms with E-state index in [0.29, 0.717) is 22.0 Å². The van der Waals surface area contributed by atoms with Gasteiger partial charge in [0.1, 0.15) is 10.8 Å². The summed E-state index contributed by atoms with van der Waals surface area (Å²) in [5.74, 6) is 0.881. The Morgan fingerprint density at radius 1 is 1.44 bits per heavy atom. The van der Waals surface area contributed by atoms with Gasteiger partial charge in [-0.1, -0.05) is 31.1 Å². The lowest BCUT2D eigenvalue weighted by Crippen LogP contribution is -2.34. The lowest BCUT2D eigenvalue weighted by atomic mass is 9.95. The SMILES string of the molecule is CSC1CCCCC1Nc1cccc(C(N)=S)n1. The Balaban J connectivity index is 2.07. The van der Waals surface area contributed by atoms with Gasteiger partial charge in [-0.2, -0.15) is 11.8 Å². The molecule has 1 heterocycles. The van der Waals surface area contributed by atoms with Gasteiger partial charge in [0.15, 0.2) is 0 Å². The summed E-state index contributed by atoms with van der Waals surface area (Å²) < 4.78 is 0. The summed E-state index contributed by atoms with van der Waals surface area (Å²) in [6, 6.07) is 6.28. The largest absolute Gasteiger partial charge is 0.388 e. The Bertz CT molecular complexity index is 422. The summed E-state index contributed by atoms with van der Waals surface area (Å²) in [4.78, 5) is 4.80. The Morgan fingerprint density at radius 2 is 2.22 bits per heavy atom. The molecule has 2 atom stereocenters. The van der Waals surface area contributed by atoms with Gasteiger partial charge < -0.3 is 11.1 Å². The second-order valence-electron chi connectivity index (χ2n) is 4.58. The van der Waals surface area contributed by atoms with Crippen LogP contribution >= 0.6 is 24.0 Å². The third kappa shape index (κ3) is 3.36. The molecule has 1 saturated carbocycles. The minimum atomic E-state index is 0.351. The van der Waals surface area contributed by atoms with Crippen LogP contribution in [-0.4, -0.2) is 27.5 Å². The number of hydrogen-bond donors (Lipinski definition) is 2. The smallest absolute Gasteiger partial charge is 0.126 e. The first-order chi connectivity index (χ1) is 8.70. The third-order valence-corrected chi connectivity index (χ3v) is 4.72. The molecule has 1 aliphatic carbocycles. The number of aromatic nitrogens is 1. The van der Waals surface area contributed by atoms with Crippen LogP contribution in [-0.2, 0) is 0 Å². The van der Waals surface area contributed by atoms with E-state index in [1.165, 1.54) is 25.7 Å². The number of thioether (sulfide) groups is 1. The maximum Gasteiger partial charge on any atom is 0.126 e. The van der Waals surface area contributed by atoms with Gasteiger partial charge in [0.25, 0.3) is 0 Å². The van der Waals surface area contributed by atoms with Crippen molar-refractivity contribution in [3.05, 3.63) is 23.9 Å². The molecule has 0 aromatic carbocycles. The lowest BCUT2D eigenvalue weighted by Gasteiger charge is -2.31. The van der Waals surface area contributed by atoms with Crippen molar-refractivity contribution >= 4 is 34.8 Å². The van der Waals surface area contributed by atoms with Gasteiger partial charge in [0.05, 0.1) is 5.69 Å². The standard InChI is InChI=1S/C13H19N3S2/c1-18-11-7-3-2-5-9(11)15-12-8-4-6-10(16-12)13(14)17/h4,6,8-9,11H,2-3,5,7H2,1H3,(H2,14,17)(H,15,16). The molecule has 18 heavy (non-hydrogen) atoms. The Kier molecular flexibility index (Phi) is 4.83.